The summed E-state index contributed by atoms with van der Waals surface area (Å²) in [6.45, 7) is 3.57. The van der Waals surface area contributed by atoms with Crippen LogP contribution in [-0.4, -0.2) is 23.9 Å². The molecular formula is C21H21NO4. The first-order valence-corrected chi connectivity index (χ1v) is 9.34. The highest BCUT2D eigenvalue weighted by molar-refractivity contribution is 6.22. The Kier molecular flexibility index (Phi) is 3.21. The maximum absolute atomic E-state index is 13.1. The number of imide groups is 1. The van der Waals surface area contributed by atoms with E-state index in [9.17, 15) is 14.4 Å². The van der Waals surface area contributed by atoms with Crippen molar-refractivity contribution in [1.82, 2.24) is 0 Å². The third-order valence-corrected chi connectivity index (χ3v) is 6.35. The fourth-order valence-electron chi connectivity index (χ4n) is 5.27. The average molecular weight is 351 g/mol. The quantitative estimate of drug-likeness (QED) is 0.477. The van der Waals surface area contributed by atoms with Crippen LogP contribution in [0.15, 0.2) is 36.4 Å². The zero-order chi connectivity index (χ0) is 18.2. The first kappa shape index (κ1) is 15.8. The van der Waals surface area contributed by atoms with Crippen molar-refractivity contribution in [2.45, 2.75) is 26.4 Å². The molecule has 4 aliphatic carbocycles. The number of allylic oxidation sites excluding steroid dienone is 2. The summed E-state index contributed by atoms with van der Waals surface area (Å²) in [4.78, 5) is 39.7. The highest BCUT2D eigenvalue weighted by Crippen LogP contribution is 2.65. The molecule has 2 saturated carbocycles. The normalized spacial score (nSPS) is 36.3. The Morgan fingerprint density at radius 1 is 1.08 bits per heavy atom. The monoisotopic (exact) mass is 351 g/mol. The maximum Gasteiger partial charge on any atom is 0.338 e. The minimum absolute atomic E-state index is 0.112. The van der Waals surface area contributed by atoms with Crippen LogP contribution in [0.5, 0.6) is 0 Å². The SMILES string of the molecule is CC(C)OC(=O)c1cccc(N2C(=O)[C@@H]3[C@H]4C=C[C@@H]([C@@H]5C[C@@H]45)[C@H]3C2=O)c1. The second kappa shape index (κ2) is 5.29. The van der Waals surface area contributed by atoms with Gasteiger partial charge in [-0.2, -0.15) is 0 Å². The molecule has 2 amide bonds. The molecule has 5 heteroatoms. The molecule has 6 atom stereocenters. The van der Waals surface area contributed by atoms with Crippen molar-refractivity contribution in [3.63, 3.8) is 0 Å². The topological polar surface area (TPSA) is 63.7 Å². The van der Waals surface area contributed by atoms with Crippen LogP contribution in [0.1, 0.15) is 30.6 Å². The fraction of sp³-hybridized carbons (Fsp3) is 0.476. The smallest absolute Gasteiger partial charge is 0.338 e. The zero-order valence-electron chi connectivity index (χ0n) is 14.8. The molecule has 0 unspecified atom stereocenters. The van der Waals surface area contributed by atoms with Gasteiger partial charge in [0.15, 0.2) is 0 Å². The van der Waals surface area contributed by atoms with E-state index in [-0.39, 0.29) is 41.6 Å². The van der Waals surface area contributed by atoms with Crippen LogP contribution in [0.2, 0.25) is 0 Å². The number of carbonyl (C=O) groups excluding carboxylic acids is 3. The van der Waals surface area contributed by atoms with E-state index in [1.165, 1.54) is 4.90 Å². The van der Waals surface area contributed by atoms with Gasteiger partial charge in [0.1, 0.15) is 0 Å². The van der Waals surface area contributed by atoms with Crippen LogP contribution in [0.25, 0.3) is 0 Å². The second-order valence-electron chi connectivity index (χ2n) is 8.17. The summed E-state index contributed by atoms with van der Waals surface area (Å²) in [5.74, 6) is 0.432. The van der Waals surface area contributed by atoms with Gasteiger partial charge in [-0.15, -0.1) is 0 Å². The summed E-state index contributed by atoms with van der Waals surface area (Å²) in [5, 5.41) is 0. The van der Waals surface area contributed by atoms with Crippen LogP contribution in [0.4, 0.5) is 5.69 Å². The van der Waals surface area contributed by atoms with Gasteiger partial charge >= 0.3 is 5.97 Å². The molecule has 134 valence electrons. The predicted molar refractivity (Wildman–Crippen MR) is 94.2 cm³/mol. The second-order valence-corrected chi connectivity index (χ2v) is 8.17. The molecule has 2 bridgehead atoms. The minimum atomic E-state index is -0.443. The number of hydrogen-bond acceptors (Lipinski definition) is 4. The molecule has 5 nitrogen and oxygen atoms in total. The lowest BCUT2D eigenvalue weighted by molar-refractivity contribution is -0.124. The van der Waals surface area contributed by atoms with E-state index >= 15 is 0 Å². The highest BCUT2D eigenvalue weighted by atomic mass is 16.5. The first-order valence-electron chi connectivity index (χ1n) is 9.34. The Morgan fingerprint density at radius 3 is 2.27 bits per heavy atom. The van der Waals surface area contributed by atoms with Gasteiger partial charge in [-0.05, 0) is 62.1 Å². The first-order chi connectivity index (χ1) is 12.5. The van der Waals surface area contributed by atoms with Crippen LogP contribution >= 0.6 is 0 Å². The number of ether oxygens (including phenoxy) is 1. The molecule has 1 saturated heterocycles. The van der Waals surface area contributed by atoms with Crippen molar-refractivity contribution in [1.29, 1.82) is 0 Å². The summed E-state index contributed by atoms with van der Waals surface area (Å²) in [5.41, 5.74) is 0.830. The Bertz CT molecular complexity index is 821. The number of rotatable bonds is 3. The lowest BCUT2D eigenvalue weighted by Crippen LogP contribution is -2.40. The van der Waals surface area contributed by atoms with Crippen molar-refractivity contribution in [3.05, 3.63) is 42.0 Å². The Balaban J connectivity index is 1.48. The van der Waals surface area contributed by atoms with Gasteiger partial charge in [-0.25, -0.2) is 9.69 Å². The van der Waals surface area contributed by atoms with Gasteiger partial charge < -0.3 is 4.74 Å². The van der Waals surface area contributed by atoms with E-state index in [0.29, 0.717) is 23.1 Å². The highest BCUT2D eigenvalue weighted by Gasteiger charge is 2.67. The number of carbonyl (C=O) groups is 3. The van der Waals surface area contributed by atoms with Crippen molar-refractivity contribution < 1.29 is 19.1 Å². The Hall–Kier alpha value is -2.43. The molecule has 1 aliphatic heterocycles. The number of hydrogen-bond donors (Lipinski definition) is 0. The number of anilines is 1. The predicted octanol–water partition coefficient (Wildman–Crippen LogP) is 2.81. The standard InChI is InChI=1S/C21H21NO4/c1-10(2)26-21(25)11-4-3-5-12(8-11)22-19(23)17-13-6-7-14(16-9-15(13)16)18(17)20(22)24/h3-8,10,13-18H,9H2,1-2H3/t13-,14-,15-,16-,17+,18+/m0/s1. The number of amides is 2. The van der Waals surface area contributed by atoms with Crippen LogP contribution in [0.3, 0.4) is 0 Å². The molecule has 3 fully saturated rings. The number of nitrogens with zero attached hydrogens (tertiary/aromatic N) is 1. The minimum Gasteiger partial charge on any atom is -0.459 e. The van der Waals surface area contributed by atoms with Gasteiger partial charge in [-0.1, -0.05) is 18.2 Å². The molecule has 26 heavy (non-hydrogen) atoms. The van der Waals surface area contributed by atoms with Crippen molar-refractivity contribution >= 4 is 23.5 Å². The molecule has 6 rings (SSSR count). The maximum atomic E-state index is 13.1. The number of esters is 1. The molecule has 5 aliphatic rings. The third-order valence-electron chi connectivity index (χ3n) is 6.35. The molecule has 0 spiro atoms. The lowest BCUT2D eigenvalue weighted by atomic mass is 9.63. The largest absolute Gasteiger partial charge is 0.459 e. The van der Waals surface area contributed by atoms with E-state index in [0.717, 1.165) is 6.42 Å². The molecule has 0 N–H and O–H groups in total. The molecule has 1 aromatic carbocycles. The van der Waals surface area contributed by atoms with E-state index in [4.69, 9.17) is 4.74 Å². The Morgan fingerprint density at radius 2 is 1.69 bits per heavy atom. The van der Waals surface area contributed by atoms with Crippen LogP contribution in [0, 0.1) is 35.5 Å². The molecule has 1 aromatic rings. The van der Waals surface area contributed by atoms with Crippen LogP contribution < -0.4 is 4.90 Å². The molecule has 1 heterocycles. The Labute approximate surface area is 152 Å². The number of benzene rings is 1. The molecule has 0 aromatic heterocycles. The summed E-state index contributed by atoms with van der Waals surface area (Å²) in [6, 6.07) is 6.65. The van der Waals surface area contributed by atoms with Gasteiger partial charge in [0, 0.05) is 0 Å². The van der Waals surface area contributed by atoms with E-state index < -0.39 is 5.97 Å². The summed E-state index contributed by atoms with van der Waals surface area (Å²) >= 11 is 0. The lowest BCUT2D eigenvalue weighted by Gasteiger charge is -2.37. The van der Waals surface area contributed by atoms with E-state index in [1.54, 1.807) is 38.1 Å². The van der Waals surface area contributed by atoms with E-state index in [2.05, 4.69) is 12.2 Å². The zero-order valence-corrected chi connectivity index (χ0v) is 14.8. The fourth-order valence-corrected chi connectivity index (χ4v) is 5.27. The van der Waals surface area contributed by atoms with Gasteiger partial charge in [0.2, 0.25) is 11.8 Å². The summed E-state index contributed by atoms with van der Waals surface area (Å²) < 4.78 is 5.23. The summed E-state index contributed by atoms with van der Waals surface area (Å²) in [7, 11) is 0. The van der Waals surface area contributed by atoms with Gasteiger partial charge in [0.05, 0.1) is 29.2 Å². The third kappa shape index (κ3) is 2.06. The van der Waals surface area contributed by atoms with Crippen molar-refractivity contribution in [3.8, 4) is 0 Å². The van der Waals surface area contributed by atoms with Gasteiger partial charge in [0.25, 0.3) is 0 Å². The molecular weight excluding hydrogens is 330 g/mol. The van der Waals surface area contributed by atoms with Crippen molar-refractivity contribution in [2.24, 2.45) is 35.5 Å². The van der Waals surface area contributed by atoms with E-state index in [1.807, 2.05) is 0 Å². The van der Waals surface area contributed by atoms with Crippen molar-refractivity contribution in [2.75, 3.05) is 4.90 Å². The molecule has 0 radical (unpaired) electrons. The van der Waals surface area contributed by atoms with Crippen LogP contribution in [-0.2, 0) is 14.3 Å². The van der Waals surface area contributed by atoms with Gasteiger partial charge in [-0.3, -0.25) is 9.59 Å². The average Bonchev–Trinajstić information content (AvgIpc) is 3.39. The summed E-state index contributed by atoms with van der Waals surface area (Å²) in [6.07, 6.45) is 5.24.